The van der Waals surface area contributed by atoms with Crippen LogP contribution in [0.25, 0.3) is 0 Å². The summed E-state index contributed by atoms with van der Waals surface area (Å²) in [5, 5.41) is 7.75. The average molecular weight is 377 g/mol. The number of aromatic nitrogens is 2. The Morgan fingerprint density at radius 1 is 1.11 bits per heavy atom. The van der Waals surface area contributed by atoms with Crippen molar-refractivity contribution in [1.82, 2.24) is 15.1 Å². The van der Waals surface area contributed by atoms with Crippen LogP contribution >= 0.6 is 0 Å². The molecule has 0 spiro atoms. The Kier molecular flexibility index (Phi) is 6.14. The minimum absolute atomic E-state index is 0.0616. The predicted molar refractivity (Wildman–Crippen MR) is 110 cm³/mol. The fourth-order valence-electron chi connectivity index (χ4n) is 3.56. The number of hydrogen-bond donors (Lipinski definition) is 1. The van der Waals surface area contributed by atoms with E-state index in [2.05, 4.69) is 10.4 Å². The van der Waals surface area contributed by atoms with Gasteiger partial charge in [-0.25, -0.2) is 0 Å². The lowest BCUT2D eigenvalue weighted by atomic mass is 9.97. The van der Waals surface area contributed by atoms with Crippen molar-refractivity contribution in [1.29, 1.82) is 0 Å². The van der Waals surface area contributed by atoms with Crippen molar-refractivity contribution >= 4 is 5.91 Å². The van der Waals surface area contributed by atoms with E-state index in [0.29, 0.717) is 6.42 Å². The lowest BCUT2D eigenvalue weighted by Crippen LogP contribution is -2.36. The van der Waals surface area contributed by atoms with Crippen molar-refractivity contribution in [2.75, 3.05) is 7.11 Å². The van der Waals surface area contributed by atoms with Gasteiger partial charge in [0, 0.05) is 11.3 Å². The zero-order chi connectivity index (χ0) is 20.1. The van der Waals surface area contributed by atoms with Gasteiger partial charge in [-0.2, -0.15) is 5.10 Å². The molecule has 5 heteroatoms. The monoisotopic (exact) mass is 377 g/mol. The zero-order valence-corrected chi connectivity index (χ0v) is 16.8. The minimum atomic E-state index is -0.366. The fraction of sp³-hybridized carbons (Fsp3) is 0.304. The number of para-hydroxylation sites is 1. The molecular weight excluding hydrogens is 350 g/mol. The van der Waals surface area contributed by atoms with Crippen molar-refractivity contribution in [3.05, 3.63) is 83.2 Å². The molecule has 0 aliphatic heterocycles. The largest absolute Gasteiger partial charge is 0.496 e. The maximum Gasteiger partial charge on any atom is 0.245 e. The number of amides is 1. The third-order valence-corrected chi connectivity index (χ3v) is 4.90. The quantitative estimate of drug-likeness (QED) is 0.665. The normalized spacial score (nSPS) is 13.0. The van der Waals surface area contributed by atoms with Gasteiger partial charge in [-0.1, -0.05) is 55.5 Å². The SMILES string of the molecule is CC[C@@H](C(=O)N[C@H](c1ccccc1)c1ccccc1OC)n1nc(C)cc1C. The van der Waals surface area contributed by atoms with Crippen LogP contribution in [-0.2, 0) is 4.79 Å². The van der Waals surface area contributed by atoms with E-state index in [1.54, 1.807) is 7.11 Å². The number of aryl methyl sites for hydroxylation is 2. The van der Waals surface area contributed by atoms with E-state index >= 15 is 0 Å². The number of nitrogens with one attached hydrogen (secondary N) is 1. The van der Waals surface area contributed by atoms with Crippen LogP contribution in [0.4, 0.5) is 0 Å². The van der Waals surface area contributed by atoms with E-state index in [1.165, 1.54) is 0 Å². The Bertz CT molecular complexity index is 934. The van der Waals surface area contributed by atoms with Crippen molar-refractivity contribution in [3.8, 4) is 5.75 Å². The molecule has 0 saturated heterocycles. The molecule has 0 saturated carbocycles. The highest BCUT2D eigenvalue weighted by Gasteiger charge is 2.26. The van der Waals surface area contributed by atoms with E-state index in [1.807, 2.05) is 86.1 Å². The lowest BCUT2D eigenvalue weighted by molar-refractivity contribution is -0.125. The molecule has 2 atom stereocenters. The maximum absolute atomic E-state index is 13.3. The van der Waals surface area contributed by atoms with E-state index in [-0.39, 0.29) is 18.0 Å². The molecule has 0 fully saturated rings. The van der Waals surface area contributed by atoms with Gasteiger partial charge >= 0.3 is 0 Å². The lowest BCUT2D eigenvalue weighted by Gasteiger charge is -2.25. The maximum atomic E-state index is 13.3. The van der Waals surface area contributed by atoms with Crippen LogP contribution in [0.2, 0.25) is 0 Å². The van der Waals surface area contributed by atoms with E-state index in [9.17, 15) is 4.79 Å². The molecule has 3 rings (SSSR count). The molecule has 2 aromatic carbocycles. The van der Waals surface area contributed by atoms with Crippen molar-refractivity contribution in [2.24, 2.45) is 0 Å². The Hall–Kier alpha value is -3.08. The standard InChI is InChI=1S/C23H27N3O2/c1-5-20(26-17(3)15-16(2)25-26)23(27)24-22(18-11-7-6-8-12-18)19-13-9-10-14-21(19)28-4/h6-15,20,22H,5H2,1-4H3,(H,24,27)/t20-,22+/m0/s1. The summed E-state index contributed by atoms with van der Waals surface area (Å²) < 4.78 is 7.37. The predicted octanol–water partition coefficient (Wildman–Crippen LogP) is 4.37. The fourth-order valence-corrected chi connectivity index (χ4v) is 3.56. The molecule has 0 unspecified atom stereocenters. The molecule has 0 bridgehead atoms. The second-order valence-corrected chi connectivity index (χ2v) is 6.89. The summed E-state index contributed by atoms with van der Waals surface area (Å²) in [5.74, 6) is 0.685. The van der Waals surface area contributed by atoms with Gasteiger partial charge in [0.05, 0.1) is 18.8 Å². The summed E-state index contributed by atoms with van der Waals surface area (Å²) in [7, 11) is 1.65. The Morgan fingerprint density at radius 2 is 1.79 bits per heavy atom. The molecular formula is C23H27N3O2. The number of methoxy groups -OCH3 is 1. The van der Waals surface area contributed by atoms with Gasteiger partial charge in [0.25, 0.3) is 0 Å². The van der Waals surface area contributed by atoms with Crippen molar-refractivity contribution in [3.63, 3.8) is 0 Å². The second kappa shape index (κ2) is 8.74. The number of carbonyl (C=O) groups is 1. The minimum Gasteiger partial charge on any atom is -0.496 e. The molecule has 28 heavy (non-hydrogen) atoms. The third-order valence-electron chi connectivity index (χ3n) is 4.90. The summed E-state index contributed by atoms with van der Waals surface area (Å²) >= 11 is 0. The van der Waals surface area contributed by atoms with Crippen LogP contribution in [-0.4, -0.2) is 22.8 Å². The van der Waals surface area contributed by atoms with Gasteiger partial charge in [-0.3, -0.25) is 9.48 Å². The number of carbonyl (C=O) groups excluding carboxylic acids is 1. The van der Waals surface area contributed by atoms with Gasteiger partial charge in [-0.05, 0) is 38.0 Å². The van der Waals surface area contributed by atoms with Gasteiger partial charge in [-0.15, -0.1) is 0 Å². The molecule has 0 aliphatic carbocycles. The van der Waals surface area contributed by atoms with Crippen LogP contribution in [0.3, 0.4) is 0 Å². The van der Waals surface area contributed by atoms with Gasteiger partial charge < -0.3 is 10.1 Å². The average Bonchev–Trinajstić information content (AvgIpc) is 3.05. The highest BCUT2D eigenvalue weighted by molar-refractivity contribution is 5.81. The summed E-state index contributed by atoms with van der Waals surface area (Å²) in [6.45, 7) is 5.92. The number of benzene rings is 2. The molecule has 0 aliphatic rings. The van der Waals surface area contributed by atoms with Crippen LogP contribution < -0.4 is 10.1 Å². The number of ether oxygens (including phenoxy) is 1. The van der Waals surface area contributed by atoms with E-state index < -0.39 is 0 Å². The molecule has 1 aromatic heterocycles. The highest BCUT2D eigenvalue weighted by atomic mass is 16.5. The highest BCUT2D eigenvalue weighted by Crippen LogP contribution is 2.30. The Balaban J connectivity index is 1.97. The first kappa shape index (κ1) is 19.7. The molecule has 1 N–H and O–H groups in total. The molecule has 0 radical (unpaired) electrons. The van der Waals surface area contributed by atoms with Crippen LogP contribution in [0.5, 0.6) is 5.75 Å². The first-order valence-electron chi connectivity index (χ1n) is 9.56. The molecule has 1 heterocycles. The first-order chi connectivity index (χ1) is 13.5. The Labute approximate surface area is 166 Å². The second-order valence-electron chi connectivity index (χ2n) is 6.89. The van der Waals surface area contributed by atoms with Gasteiger partial charge in [0.1, 0.15) is 11.8 Å². The number of nitrogens with zero attached hydrogens (tertiary/aromatic N) is 2. The summed E-state index contributed by atoms with van der Waals surface area (Å²) in [4.78, 5) is 13.3. The zero-order valence-electron chi connectivity index (χ0n) is 16.8. The van der Waals surface area contributed by atoms with E-state index in [4.69, 9.17) is 4.74 Å². The van der Waals surface area contributed by atoms with Gasteiger partial charge in [0.2, 0.25) is 5.91 Å². The Morgan fingerprint density at radius 3 is 2.39 bits per heavy atom. The van der Waals surface area contributed by atoms with Crippen LogP contribution in [0, 0.1) is 13.8 Å². The molecule has 3 aromatic rings. The van der Waals surface area contributed by atoms with Gasteiger partial charge in [0.15, 0.2) is 0 Å². The summed E-state index contributed by atoms with van der Waals surface area (Å²) in [6, 6.07) is 19.0. The van der Waals surface area contributed by atoms with Crippen LogP contribution in [0.1, 0.15) is 47.9 Å². The summed E-state index contributed by atoms with van der Waals surface area (Å²) in [5.41, 5.74) is 3.82. The molecule has 1 amide bonds. The third kappa shape index (κ3) is 4.09. The first-order valence-corrected chi connectivity index (χ1v) is 9.56. The molecule has 5 nitrogen and oxygen atoms in total. The van der Waals surface area contributed by atoms with Crippen molar-refractivity contribution < 1.29 is 9.53 Å². The van der Waals surface area contributed by atoms with Crippen LogP contribution in [0.15, 0.2) is 60.7 Å². The number of rotatable bonds is 7. The summed E-state index contributed by atoms with van der Waals surface area (Å²) in [6.07, 6.45) is 0.654. The number of hydrogen-bond acceptors (Lipinski definition) is 3. The smallest absolute Gasteiger partial charge is 0.245 e. The van der Waals surface area contributed by atoms with Crippen molar-refractivity contribution in [2.45, 2.75) is 39.3 Å². The van der Waals surface area contributed by atoms with E-state index in [0.717, 1.165) is 28.3 Å². The molecule has 146 valence electrons. The topological polar surface area (TPSA) is 56.1 Å².